The zero-order chi connectivity index (χ0) is 20.2. The van der Waals surface area contributed by atoms with Crippen molar-refractivity contribution in [2.75, 3.05) is 11.9 Å². The Kier molecular flexibility index (Phi) is 9.79. The van der Waals surface area contributed by atoms with E-state index in [0.717, 1.165) is 12.8 Å². The zero-order valence-corrected chi connectivity index (χ0v) is 16.5. The molecule has 148 valence electrons. The topological polar surface area (TPSA) is 96.9 Å². The van der Waals surface area contributed by atoms with Gasteiger partial charge in [-0.05, 0) is 51.0 Å². The van der Waals surface area contributed by atoms with E-state index in [2.05, 4.69) is 15.8 Å². The Bertz CT molecular complexity index is 668. The van der Waals surface area contributed by atoms with Crippen LogP contribution in [0.2, 0.25) is 0 Å². The first-order chi connectivity index (χ1) is 12.9. The van der Waals surface area contributed by atoms with Crippen LogP contribution in [0.15, 0.2) is 29.4 Å². The molecule has 1 unspecified atom stereocenters. The lowest BCUT2D eigenvalue weighted by Gasteiger charge is -2.14. The summed E-state index contributed by atoms with van der Waals surface area (Å²) in [7, 11) is 0. The van der Waals surface area contributed by atoms with Crippen molar-refractivity contribution in [1.82, 2.24) is 5.43 Å². The maximum Gasteiger partial charge on any atom is 0.314 e. The first-order valence-electron chi connectivity index (χ1n) is 9.33. The van der Waals surface area contributed by atoms with Crippen molar-refractivity contribution in [3.63, 3.8) is 0 Å². The highest BCUT2D eigenvalue weighted by atomic mass is 16.5. The fraction of sp³-hybridized carbons (Fsp3) is 0.500. The lowest BCUT2D eigenvalue weighted by atomic mass is 9.99. The first kappa shape index (κ1) is 22.3. The average molecular weight is 375 g/mol. The van der Waals surface area contributed by atoms with Gasteiger partial charge in [-0.15, -0.1) is 0 Å². The molecule has 1 aromatic carbocycles. The number of carbonyl (C=O) groups is 3. The second-order valence-electron chi connectivity index (χ2n) is 6.16. The third-order valence-electron chi connectivity index (χ3n) is 3.89. The number of hydrogen-bond acceptors (Lipinski definition) is 5. The van der Waals surface area contributed by atoms with E-state index in [-0.39, 0.29) is 17.8 Å². The van der Waals surface area contributed by atoms with Crippen LogP contribution in [-0.4, -0.2) is 30.1 Å². The fourth-order valence-electron chi connectivity index (χ4n) is 2.47. The smallest absolute Gasteiger partial charge is 0.314 e. The molecule has 7 heteroatoms. The molecule has 0 aromatic heterocycles. The number of anilines is 1. The standard InChI is InChI=1S/C20H29N3O4/c1-5-8-17(20(26)27-7-3)14(4)22-23-19(25)15-10-12-16(13-11-15)21-18(24)9-6-2/h10-13,17H,5-9H2,1-4H3,(H,21,24)(H,23,25). The van der Waals surface area contributed by atoms with Crippen LogP contribution < -0.4 is 10.7 Å². The summed E-state index contributed by atoms with van der Waals surface area (Å²) in [5.41, 5.74) is 4.02. The van der Waals surface area contributed by atoms with Gasteiger partial charge in [0.1, 0.15) is 0 Å². The number of amides is 2. The summed E-state index contributed by atoms with van der Waals surface area (Å²) in [4.78, 5) is 35.8. The highest BCUT2D eigenvalue weighted by Gasteiger charge is 2.22. The van der Waals surface area contributed by atoms with E-state index < -0.39 is 5.92 Å². The lowest BCUT2D eigenvalue weighted by Crippen LogP contribution is -2.28. The van der Waals surface area contributed by atoms with Crippen LogP contribution in [0.4, 0.5) is 5.69 Å². The number of hydrazone groups is 1. The molecular formula is C20H29N3O4. The van der Waals surface area contributed by atoms with Gasteiger partial charge in [-0.2, -0.15) is 5.10 Å². The highest BCUT2D eigenvalue weighted by Crippen LogP contribution is 2.12. The predicted molar refractivity (Wildman–Crippen MR) is 106 cm³/mol. The zero-order valence-electron chi connectivity index (χ0n) is 16.5. The van der Waals surface area contributed by atoms with Crippen molar-refractivity contribution in [3.8, 4) is 0 Å². The van der Waals surface area contributed by atoms with E-state index in [1.165, 1.54) is 0 Å². The number of nitrogens with one attached hydrogen (secondary N) is 2. The minimum Gasteiger partial charge on any atom is -0.465 e. The normalized spacial score (nSPS) is 12.2. The third kappa shape index (κ3) is 7.60. The van der Waals surface area contributed by atoms with Crippen molar-refractivity contribution in [3.05, 3.63) is 29.8 Å². The minimum atomic E-state index is -0.466. The van der Waals surface area contributed by atoms with E-state index in [4.69, 9.17) is 4.74 Å². The van der Waals surface area contributed by atoms with Crippen molar-refractivity contribution < 1.29 is 19.1 Å². The summed E-state index contributed by atoms with van der Waals surface area (Å²) in [5, 5.41) is 6.83. The number of hydrogen-bond donors (Lipinski definition) is 2. The Hall–Kier alpha value is -2.70. The lowest BCUT2D eigenvalue weighted by molar-refractivity contribution is -0.145. The summed E-state index contributed by atoms with van der Waals surface area (Å²) in [6.07, 6.45) is 2.63. The number of nitrogens with zero attached hydrogens (tertiary/aromatic N) is 1. The molecule has 0 aliphatic carbocycles. The van der Waals surface area contributed by atoms with Crippen LogP contribution >= 0.6 is 0 Å². The molecule has 0 heterocycles. The molecule has 0 aliphatic heterocycles. The maximum atomic E-state index is 12.2. The molecule has 0 bridgehead atoms. The molecule has 0 saturated heterocycles. The number of carbonyl (C=O) groups excluding carboxylic acids is 3. The van der Waals surface area contributed by atoms with Gasteiger partial charge in [-0.25, -0.2) is 5.43 Å². The number of benzene rings is 1. The van der Waals surface area contributed by atoms with Crippen LogP contribution in [0, 0.1) is 5.92 Å². The molecule has 2 amide bonds. The van der Waals surface area contributed by atoms with Gasteiger partial charge in [0.25, 0.3) is 5.91 Å². The largest absolute Gasteiger partial charge is 0.465 e. The van der Waals surface area contributed by atoms with Gasteiger partial charge >= 0.3 is 5.97 Å². The number of esters is 1. The second-order valence-corrected chi connectivity index (χ2v) is 6.16. The number of ether oxygens (including phenoxy) is 1. The van der Waals surface area contributed by atoms with Crippen LogP contribution in [0.1, 0.15) is 63.7 Å². The predicted octanol–water partition coefficient (Wildman–Crippen LogP) is 3.51. The van der Waals surface area contributed by atoms with E-state index >= 15 is 0 Å². The molecule has 27 heavy (non-hydrogen) atoms. The van der Waals surface area contributed by atoms with Crippen molar-refractivity contribution in [1.29, 1.82) is 0 Å². The van der Waals surface area contributed by atoms with Crippen molar-refractivity contribution in [2.45, 2.75) is 53.4 Å². The van der Waals surface area contributed by atoms with E-state index in [9.17, 15) is 14.4 Å². The Morgan fingerprint density at radius 1 is 1.07 bits per heavy atom. The molecule has 0 aliphatic rings. The molecule has 2 N–H and O–H groups in total. The average Bonchev–Trinajstić information content (AvgIpc) is 2.64. The molecule has 0 fully saturated rings. The Labute approximate surface area is 160 Å². The van der Waals surface area contributed by atoms with Crippen LogP contribution in [-0.2, 0) is 14.3 Å². The molecule has 1 aromatic rings. The van der Waals surface area contributed by atoms with Gasteiger partial charge in [0.2, 0.25) is 5.91 Å². The Morgan fingerprint density at radius 3 is 2.30 bits per heavy atom. The molecule has 0 saturated carbocycles. The molecule has 0 spiro atoms. The van der Waals surface area contributed by atoms with Crippen LogP contribution in [0.25, 0.3) is 0 Å². The molecule has 7 nitrogen and oxygen atoms in total. The summed E-state index contributed by atoms with van der Waals surface area (Å²) >= 11 is 0. The maximum absolute atomic E-state index is 12.2. The van der Waals surface area contributed by atoms with E-state index in [0.29, 0.717) is 36.4 Å². The highest BCUT2D eigenvalue weighted by molar-refractivity contribution is 6.02. The first-order valence-corrected chi connectivity index (χ1v) is 9.33. The minimum absolute atomic E-state index is 0.0594. The van der Waals surface area contributed by atoms with E-state index in [1.54, 1.807) is 38.1 Å². The Balaban J connectivity index is 2.72. The van der Waals surface area contributed by atoms with Crippen molar-refractivity contribution >= 4 is 29.2 Å². The van der Waals surface area contributed by atoms with Crippen molar-refractivity contribution in [2.24, 2.45) is 11.0 Å². The quantitative estimate of drug-likeness (QED) is 0.371. The SMILES string of the molecule is CCCC(=O)Nc1ccc(C(=O)NN=C(C)C(CCC)C(=O)OCC)cc1. The van der Waals surface area contributed by atoms with Crippen LogP contribution in [0.3, 0.4) is 0 Å². The molecule has 0 radical (unpaired) electrons. The monoisotopic (exact) mass is 375 g/mol. The molecule has 1 atom stereocenters. The molecular weight excluding hydrogens is 346 g/mol. The van der Waals surface area contributed by atoms with E-state index in [1.807, 2.05) is 13.8 Å². The van der Waals surface area contributed by atoms with Gasteiger partial charge in [0.15, 0.2) is 0 Å². The van der Waals surface area contributed by atoms with Gasteiger partial charge in [-0.1, -0.05) is 20.3 Å². The number of rotatable bonds is 10. The van der Waals surface area contributed by atoms with Crippen LogP contribution in [0.5, 0.6) is 0 Å². The summed E-state index contributed by atoms with van der Waals surface area (Å²) in [5.74, 6) is -1.25. The summed E-state index contributed by atoms with van der Waals surface area (Å²) < 4.78 is 5.06. The summed E-state index contributed by atoms with van der Waals surface area (Å²) in [6, 6.07) is 6.54. The summed E-state index contributed by atoms with van der Waals surface area (Å²) in [6.45, 7) is 7.66. The Morgan fingerprint density at radius 2 is 1.74 bits per heavy atom. The van der Waals surface area contributed by atoms with Gasteiger partial charge < -0.3 is 10.1 Å². The van der Waals surface area contributed by atoms with Gasteiger partial charge in [-0.3, -0.25) is 14.4 Å². The van der Waals surface area contributed by atoms with Gasteiger partial charge in [0, 0.05) is 23.4 Å². The molecule has 1 rings (SSSR count). The third-order valence-corrected chi connectivity index (χ3v) is 3.89. The fourth-order valence-corrected chi connectivity index (χ4v) is 2.47. The second kappa shape index (κ2) is 11.8. The van der Waals surface area contributed by atoms with Gasteiger partial charge in [0.05, 0.1) is 12.5 Å².